The van der Waals surface area contributed by atoms with E-state index in [1.165, 1.54) is 12.0 Å². The van der Waals surface area contributed by atoms with Crippen LogP contribution in [0.1, 0.15) is 39.7 Å². The van der Waals surface area contributed by atoms with E-state index < -0.39 is 0 Å². The summed E-state index contributed by atoms with van der Waals surface area (Å²) in [6.07, 6.45) is 2.59. The molecule has 0 saturated heterocycles. The first-order valence-electron chi connectivity index (χ1n) is 5.84. The molecule has 0 bridgehead atoms. The van der Waals surface area contributed by atoms with Crippen molar-refractivity contribution in [3.8, 4) is 5.75 Å². The molecule has 1 rings (SSSR count). The molecule has 1 heteroatoms. The SMILES string of the molecule is CC(C)CCc1ccccc1OC(C)C. The average Bonchev–Trinajstić information content (AvgIpc) is 2.15. The first kappa shape index (κ1) is 12.1. The second kappa shape index (κ2) is 5.79. The van der Waals surface area contributed by atoms with E-state index in [0.29, 0.717) is 0 Å². The molecule has 0 N–H and O–H groups in total. The first-order chi connectivity index (χ1) is 7.09. The zero-order valence-corrected chi connectivity index (χ0v) is 10.3. The lowest BCUT2D eigenvalue weighted by Gasteiger charge is -2.14. The van der Waals surface area contributed by atoms with Crippen LogP contribution in [0.4, 0.5) is 0 Å². The van der Waals surface area contributed by atoms with Gasteiger partial charge in [0.25, 0.3) is 0 Å². The molecule has 0 radical (unpaired) electrons. The maximum Gasteiger partial charge on any atom is 0.122 e. The Hall–Kier alpha value is -0.980. The minimum atomic E-state index is 0.255. The topological polar surface area (TPSA) is 9.23 Å². The highest BCUT2D eigenvalue weighted by Crippen LogP contribution is 2.22. The van der Waals surface area contributed by atoms with Crippen molar-refractivity contribution in [2.24, 2.45) is 5.92 Å². The Morgan fingerprint density at radius 2 is 1.73 bits per heavy atom. The third kappa shape index (κ3) is 4.37. The highest BCUT2D eigenvalue weighted by molar-refractivity contribution is 5.33. The highest BCUT2D eigenvalue weighted by atomic mass is 16.5. The standard InChI is InChI=1S/C14H22O/c1-11(2)9-10-13-7-5-6-8-14(13)15-12(3)4/h5-8,11-12H,9-10H2,1-4H3. The number of para-hydroxylation sites is 1. The first-order valence-corrected chi connectivity index (χ1v) is 5.84. The maximum atomic E-state index is 5.78. The molecular formula is C14H22O. The lowest BCUT2D eigenvalue weighted by molar-refractivity contribution is 0.239. The van der Waals surface area contributed by atoms with Gasteiger partial charge in [-0.25, -0.2) is 0 Å². The molecule has 0 aliphatic carbocycles. The smallest absolute Gasteiger partial charge is 0.122 e. The summed E-state index contributed by atoms with van der Waals surface area (Å²) >= 11 is 0. The van der Waals surface area contributed by atoms with Gasteiger partial charge in [-0.2, -0.15) is 0 Å². The highest BCUT2D eigenvalue weighted by Gasteiger charge is 2.05. The molecule has 0 aromatic heterocycles. The summed E-state index contributed by atoms with van der Waals surface area (Å²) in [6, 6.07) is 8.36. The van der Waals surface area contributed by atoms with Gasteiger partial charge in [-0.15, -0.1) is 0 Å². The lowest BCUT2D eigenvalue weighted by Crippen LogP contribution is -2.07. The van der Waals surface area contributed by atoms with Crippen molar-refractivity contribution >= 4 is 0 Å². The lowest BCUT2D eigenvalue weighted by atomic mass is 10.0. The number of rotatable bonds is 5. The second-order valence-electron chi connectivity index (χ2n) is 4.71. The van der Waals surface area contributed by atoms with Gasteiger partial charge in [0.05, 0.1) is 6.10 Å². The van der Waals surface area contributed by atoms with Gasteiger partial charge in [0.2, 0.25) is 0 Å². The van der Waals surface area contributed by atoms with Crippen LogP contribution in [-0.4, -0.2) is 6.10 Å². The van der Waals surface area contributed by atoms with Gasteiger partial charge >= 0.3 is 0 Å². The molecule has 0 fully saturated rings. The number of ether oxygens (including phenoxy) is 1. The van der Waals surface area contributed by atoms with Gasteiger partial charge in [-0.3, -0.25) is 0 Å². The minimum absolute atomic E-state index is 0.255. The second-order valence-corrected chi connectivity index (χ2v) is 4.71. The van der Waals surface area contributed by atoms with E-state index in [0.717, 1.165) is 18.1 Å². The summed E-state index contributed by atoms with van der Waals surface area (Å²) in [4.78, 5) is 0. The van der Waals surface area contributed by atoms with E-state index in [1.807, 2.05) is 6.07 Å². The summed E-state index contributed by atoms with van der Waals surface area (Å²) in [5, 5.41) is 0. The van der Waals surface area contributed by atoms with Gasteiger partial charge < -0.3 is 4.74 Å². The van der Waals surface area contributed by atoms with E-state index in [2.05, 4.69) is 45.9 Å². The fourth-order valence-corrected chi connectivity index (χ4v) is 1.52. The van der Waals surface area contributed by atoms with Crippen LogP contribution in [-0.2, 0) is 6.42 Å². The normalized spacial score (nSPS) is 11.1. The van der Waals surface area contributed by atoms with Crippen molar-refractivity contribution < 1.29 is 4.74 Å². The number of hydrogen-bond donors (Lipinski definition) is 0. The number of hydrogen-bond acceptors (Lipinski definition) is 1. The molecule has 0 heterocycles. The summed E-state index contributed by atoms with van der Waals surface area (Å²) in [6.45, 7) is 8.65. The largest absolute Gasteiger partial charge is 0.491 e. The molecule has 0 unspecified atom stereocenters. The van der Waals surface area contributed by atoms with E-state index in [-0.39, 0.29) is 6.10 Å². The Bertz CT molecular complexity index is 289. The molecule has 0 aliphatic heterocycles. The van der Waals surface area contributed by atoms with Crippen molar-refractivity contribution in [1.82, 2.24) is 0 Å². The molecule has 0 atom stereocenters. The van der Waals surface area contributed by atoms with E-state index in [4.69, 9.17) is 4.74 Å². The summed E-state index contributed by atoms with van der Waals surface area (Å²) in [5.74, 6) is 1.80. The Morgan fingerprint density at radius 3 is 2.33 bits per heavy atom. The summed E-state index contributed by atoms with van der Waals surface area (Å²) in [5.41, 5.74) is 1.33. The van der Waals surface area contributed by atoms with Crippen molar-refractivity contribution in [3.63, 3.8) is 0 Å². The van der Waals surface area contributed by atoms with Crippen LogP contribution in [0.5, 0.6) is 5.75 Å². The van der Waals surface area contributed by atoms with Crippen molar-refractivity contribution in [2.45, 2.75) is 46.6 Å². The molecule has 1 nitrogen and oxygen atoms in total. The molecule has 0 spiro atoms. The predicted octanol–water partition coefficient (Wildman–Crippen LogP) is 4.06. The fraction of sp³-hybridized carbons (Fsp3) is 0.571. The fourth-order valence-electron chi connectivity index (χ4n) is 1.52. The van der Waals surface area contributed by atoms with Crippen molar-refractivity contribution in [1.29, 1.82) is 0 Å². The Balaban J connectivity index is 2.68. The third-order valence-corrected chi connectivity index (χ3v) is 2.33. The molecule has 0 saturated carbocycles. The van der Waals surface area contributed by atoms with E-state index in [1.54, 1.807) is 0 Å². The third-order valence-electron chi connectivity index (χ3n) is 2.33. The van der Waals surface area contributed by atoms with Crippen LogP contribution in [0.3, 0.4) is 0 Å². The molecule has 1 aromatic carbocycles. The van der Waals surface area contributed by atoms with E-state index in [9.17, 15) is 0 Å². The Kier molecular flexibility index (Phi) is 4.67. The number of aryl methyl sites for hydroxylation is 1. The zero-order chi connectivity index (χ0) is 11.3. The van der Waals surface area contributed by atoms with Crippen LogP contribution in [0, 0.1) is 5.92 Å². The Morgan fingerprint density at radius 1 is 1.07 bits per heavy atom. The van der Waals surface area contributed by atoms with Crippen LogP contribution in [0.15, 0.2) is 24.3 Å². The van der Waals surface area contributed by atoms with Crippen molar-refractivity contribution in [2.75, 3.05) is 0 Å². The number of benzene rings is 1. The quantitative estimate of drug-likeness (QED) is 0.706. The Labute approximate surface area is 93.5 Å². The molecule has 0 aliphatic rings. The van der Waals surface area contributed by atoms with Crippen LogP contribution >= 0.6 is 0 Å². The molecular weight excluding hydrogens is 184 g/mol. The predicted molar refractivity (Wildman–Crippen MR) is 65.4 cm³/mol. The van der Waals surface area contributed by atoms with Gasteiger partial charge in [0.1, 0.15) is 5.75 Å². The average molecular weight is 206 g/mol. The van der Waals surface area contributed by atoms with Crippen LogP contribution in [0.25, 0.3) is 0 Å². The maximum absolute atomic E-state index is 5.78. The summed E-state index contributed by atoms with van der Waals surface area (Å²) in [7, 11) is 0. The molecule has 15 heavy (non-hydrogen) atoms. The molecule has 1 aromatic rings. The zero-order valence-electron chi connectivity index (χ0n) is 10.3. The molecule has 84 valence electrons. The summed E-state index contributed by atoms with van der Waals surface area (Å²) < 4.78 is 5.78. The monoisotopic (exact) mass is 206 g/mol. The van der Waals surface area contributed by atoms with Crippen LogP contribution in [0.2, 0.25) is 0 Å². The van der Waals surface area contributed by atoms with Gasteiger partial charge in [-0.05, 0) is 44.2 Å². The van der Waals surface area contributed by atoms with E-state index >= 15 is 0 Å². The van der Waals surface area contributed by atoms with Crippen molar-refractivity contribution in [3.05, 3.63) is 29.8 Å². The van der Waals surface area contributed by atoms with Gasteiger partial charge in [-0.1, -0.05) is 32.0 Å². The van der Waals surface area contributed by atoms with Crippen LogP contribution < -0.4 is 4.74 Å². The van der Waals surface area contributed by atoms with Gasteiger partial charge in [0.15, 0.2) is 0 Å². The minimum Gasteiger partial charge on any atom is -0.491 e. The molecule has 0 amide bonds. The van der Waals surface area contributed by atoms with Gasteiger partial charge in [0, 0.05) is 0 Å².